The van der Waals surface area contributed by atoms with Gasteiger partial charge in [-0.1, -0.05) is 0 Å². The van der Waals surface area contributed by atoms with E-state index < -0.39 is 0 Å². The highest BCUT2D eigenvalue weighted by atomic mass is 32.1. The average molecular weight is 252 g/mol. The Kier molecular flexibility index (Phi) is 3.78. The molecular formula is C12H16N2O2S. The van der Waals surface area contributed by atoms with Gasteiger partial charge in [-0.3, -0.25) is 9.59 Å². The van der Waals surface area contributed by atoms with E-state index in [1.807, 2.05) is 17.0 Å². The van der Waals surface area contributed by atoms with Crippen LogP contribution in [0, 0.1) is 0 Å². The molecule has 0 aliphatic carbocycles. The molecule has 0 aromatic carbocycles. The molecular weight excluding hydrogens is 236 g/mol. The Morgan fingerprint density at radius 2 is 2.12 bits per heavy atom. The molecule has 92 valence electrons. The summed E-state index contributed by atoms with van der Waals surface area (Å²) in [6.07, 6.45) is 1.86. The molecule has 4 nitrogen and oxygen atoms in total. The Labute approximate surface area is 105 Å². The van der Waals surface area contributed by atoms with E-state index in [9.17, 15) is 9.59 Å². The van der Waals surface area contributed by atoms with Crippen LogP contribution in [0.1, 0.15) is 23.0 Å². The topological polar surface area (TPSA) is 40.6 Å². The molecule has 2 rings (SSSR count). The van der Waals surface area contributed by atoms with Crippen molar-refractivity contribution in [2.75, 3.05) is 31.1 Å². The second-order valence-electron chi connectivity index (χ2n) is 4.14. The molecule has 1 aromatic heterocycles. The molecule has 0 N–H and O–H groups in total. The molecule has 0 bridgehead atoms. The van der Waals surface area contributed by atoms with Crippen LogP contribution in [0.5, 0.6) is 0 Å². The van der Waals surface area contributed by atoms with Gasteiger partial charge in [0.1, 0.15) is 0 Å². The van der Waals surface area contributed by atoms with Crippen LogP contribution < -0.4 is 4.90 Å². The molecule has 1 amide bonds. The van der Waals surface area contributed by atoms with Crippen molar-refractivity contribution in [2.45, 2.75) is 13.3 Å². The minimum Gasteiger partial charge on any atom is -0.362 e. The van der Waals surface area contributed by atoms with Crippen molar-refractivity contribution in [1.82, 2.24) is 4.90 Å². The van der Waals surface area contributed by atoms with Crippen molar-refractivity contribution in [3.05, 3.63) is 17.0 Å². The number of amides is 1. The van der Waals surface area contributed by atoms with Crippen LogP contribution >= 0.6 is 11.3 Å². The van der Waals surface area contributed by atoms with E-state index in [1.54, 1.807) is 6.92 Å². The first-order valence-electron chi connectivity index (χ1n) is 5.76. The fourth-order valence-electron chi connectivity index (χ4n) is 2.03. The van der Waals surface area contributed by atoms with E-state index in [1.165, 1.54) is 11.3 Å². The van der Waals surface area contributed by atoms with Crippen molar-refractivity contribution >= 4 is 28.5 Å². The van der Waals surface area contributed by atoms with Gasteiger partial charge in [0.2, 0.25) is 5.91 Å². The van der Waals surface area contributed by atoms with Crippen LogP contribution in [0.4, 0.5) is 5.00 Å². The van der Waals surface area contributed by atoms with Gasteiger partial charge in [0.05, 0.1) is 9.88 Å². The number of aldehydes is 1. The molecule has 0 saturated carbocycles. The van der Waals surface area contributed by atoms with Crippen LogP contribution in [0.25, 0.3) is 0 Å². The van der Waals surface area contributed by atoms with Gasteiger partial charge >= 0.3 is 0 Å². The third-order valence-corrected chi connectivity index (χ3v) is 4.05. The zero-order valence-electron chi connectivity index (χ0n) is 9.89. The third kappa shape index (κ3) is 2.85. The molecule has 0 atom stereocenters. The van der Waals surface area contributed by atoms with Crippen LogP contribution in [-0.2, 0) is 4.79 Å². The molecule has 1 aromatic rings. The zero-order valence-corrected chi connectivity index (χ0v) is 10.7. The van der Waals surface area contributed by atoms with E-state index in [4.69, 9.17) is 0 Å². The second kappa shape index (κ2) is 5.31. The fraction of sp³-hybridized carbons (Fsp3) is 0.500. The van der Waals surface area contributed by atoms with Crippen LogP contribution in [0.3, 0.4) is 0 Å². The minimum absolute atomic E-state index is 0.145. The maximum atomic E-state index is 11.3. The molecule has 2 heterocycles. The minimum atomic E-state index is 0.145. The van der Waals surface area contributed by atoms with E-state index in [0.717, 1.165) is 48.8 Å². The van der Waals surface area contributed by atoms with E-state index >= 15 is 0 Å². The molecule has 17 heavy (non-hydrogen) atoms. The van der Waals surface area contributed by atoms with Crippen molar-refractivity contribution in [3.63, 3.8) is 0 Å². The first kappa shape index (κ1) is 12.1. The number of hydrogen-bond donors (Lipinski definition) is 0. The van der Waals surface area contributed by atoms with Crippen LogP contribution in [-0.4, -0.2) is 43.3 Å². The lowest BCUT2D eigenvalue weighted by atomic mass is 10.4. The van der Waals surface area contributed by atoms with E-state index in [0.29, 0.717) is 0 Å². The van der Waals surface area contributed by atoms with Gasteiger partial charge in [-0.2, -0.15) is 0 Å². The fourth-order valence-corrected chi connectivity index (χ4v) is 2.90. The number of nitrogens with zero attached hydrogens (tertiary/aromatic N) is 2. The van der Waals surface area contributed by atoms with Gasteiger partial charge in [-0.05, 0) is 18.6 Å². The van der Waals surface area contributed by atoms with Gasteiger partial charge in [-0.25, -0.2) is 0 Å². The summed E-state index contributed by atoms with van der Waals surface area (Å²) in [5.41, 5.74) is 0. The van der Waals surface area contributed by atoms with Gasteiger partial charge in [0, 0.05) is 33.1 Å². The van der Waals surface area contributed by atoms with Crippen molar-refractivity contribution in [3.8, 4) is 0 Å². The monoisotopic (exact) mass is 252 g/mol. The number of carbonyl (C=O) groups is 2. The summed E-state index contributed by atoms with van der Waals surface area (Å²) in [5, 5.41) is 1.12. The standard InChI is InChI=1S/C12H16N2O2S/c1-10(16)13-5-2-6-14(8-7-13)12-4-3-11(9-15)17-12/h3-4,9H,2,5-8H2,1H3. The predicted octanol–water partition coefficient (Wildman–Crippen LogP) is 1.62. The van der Waals surface area contributed by atoms with Crippen LogP contribution in [0.2, 0.25) is 0 Å². The van der Waals surface area contributed by atoms with Gasteiger partial charge in [0.15, 0.2) is 6.29 Å². The second-order valence-corrected chi connectivity index (χ2v) is 5.23. The summed E-state index contributed by atoms with van der Waals surface area (Å²) < 4.78 is 0. The lowest BCUT2D eigenvalue weighted by Gasteiger charge is -2.21. The Morgan fingerprint density at radius 1 is 1.29 bits per heavy atom. The Hall–Kier alpha value is -1.36. The summed E-state index contributed by atoms with van der Waals surface area (Å²) in [6.45, 7) is 5.01. The lowest BCUT2D eigenvalue weighted by molar-refractivity contribution is -0.128. The maximum absolute atomic E-state index is 11.3. The van der Waals surface area contributed by atoms with Crippen molar-refractivity contribution < 1.29 is 9.59 Å². The van der Waals surface area contributed by atoms with Gasteiger partial charge in [0.25, 0.3) is 0 Å². The Bertz CT molecular complexity index is 416. The third-order valence-electron chi connectivity index (χ3n) is 2.98. The molecule has 5 heteroatoms. The predicted molar refractivity (Wildman–Crippen MR) is 68.8 cm³/mol. The van der Waals surface area contributed by atoms with E-state index in [2.05, 4.69) is 4.90 Å². The summed E-state index contributed by atoms with van der Waals surface area (Å²) in [6, 6.07) is 3.83. The Balaban J connectivity index is 2.03. The number of thiophene rings is 1. The summed E-state index contributed by atoms with van der Waals surface area (Å²) in [4.78, 5) is 26.9. The Morgan fingerprint density at radius 3 is 2.76 bits per heavy atom. The number of rotatable bonds is 2. The number of anilines is 1. The lowest BCUT2D eigenvalue weighted by Crippen LogP contribution is -2.33. The smallest absolute Gasteiger partial charge is 0.219 e. The molecule has 0 spiro atoms. The molecule has 1 saturated heterocycles. The average Bonchev–Trinajstić information content (AvgIpc) is 2.65. The summed E-state index contributed by atoms with van der Waals surface area (Å²) in [7, 11) is 0. The number of carbonyl (C=O) groups excluding carboxylic acids is 2. The van der Waals surface area contributed by atoms with Gasteiger partial charge in [-0.15, -0.1) is 11.3 Å². The summed E-state index contributed by atoms with van der Waals surface area (Å²) in [5.74, 6) is 0.145. The highest BCUT2D eigenvalue weighted by Crippen LogP contribution is 2.25. The molecule has 1 aliphatic rings. The van der Waals surface area contributed by atoms with Crippen molar-refractivity contribution in [2.24, 2.45) is 0 Å². The van der Waals surface area contributed by atoms with E-state index in [-0.39, 0.29) is 5.91 Å². The normalized spacial score (nSPS) is 16.8. The zero-order chi connectivity index (χ0) is 12.3. The largest absolute Gasteiger partial charge is 0.362 e. The van der Waals surface area contributed by atoms with Crippen LogP contribution in [0.15, 0.2) is 12.1 Å². The number of hydrogen-bond acceptors (Lipinski definition) is 4. The first-order valence-corrected chi connectivity index (χ1v) is 6.58. The van der Waals surface area contributed by atoms with Gasteiger partial charge < -0.3 is 9.80 Å². The molecule has 0 radical (unpaired) electrons. The highest BCUT2D eigenvalue weighted by Gasteiger charge is 2.17. The molecule has 0 unspecified atom stereocenters. The maximum Gasteiger partial charge on any atom is 0.219 e. The highest BCUT2D eigenvalue weighted by molar-refractivity contribution is 7.17. The summed E-state index contributed by atoms with van der Waals surface area (Å²) >= 11 is 1.51. The van der Waals surface area contributed by atoms with Crippen molar-refractivity contribution in [1.29, 1.82) is 0 Å². The first-order chi connectivity index (χ1) is 8.20. The quantitative estimate of drug-likeness (QED) is 0.751. The molecule has 1 fully saturated rings. The SMILES string of the molecule is CC(=O)N1CCCN(c2ccc(C=O)s2)CC1. The molecule has 1 aliphatic heterocycles.